The number of nitrogens with zero attached hydrogens (tertiary/aromatic N) is 3. The lowest BCUT2D eigenvalue weighted by molar-refractivity contribution is -0.140. The Balaban J connectivity index is 1.20. The maximum absolute atomic E-state index is 12.5. The number of carbonyl (C=O) groups is 2. The van der Waals surface area contributed by atoms with Crippen molar-refractivity contribution in [1.29, 1.82) is 0 Å². The fourth-order valence-electron chi connectivity index (χ4n) is 4.15. The average molecular weight is 386 g/mol. The molecule has 3 heterocycles. The number of aromatic nitrogens is 1. The van der Waals surface area contributed by atoms with Gasteiger partial charge in [0.2, 0.25) is 11.8 Å². The molecule has 0 radical (unpaired) electrons. The van der Waals surface area contributed by atoms with Crippen LogP contribution in [0.4, 0.5) is 0 Å². The monoisotopic (exact) mass is 385 g/mol. The molecule has 4 rings (SSSR count). The van der Waals surface area contributed by atoms with Crippen molar-refractivity contribution in [1.82, 2.24) is 14.8 Å². The van der Waals surface area contributed by atoms with Gasteiger partial charge in [-0.3, -0.25) is 9.59 Å². The summed E-state index contributed by atoms with van der Waals surface area (Å²) in [7, 11) is 0. The van der Waals surface area contributed by atoms with Gasteiger partial charge >= 0.3 is 0 Å². The van der Waals surface area contributed by atoms with E-state index in [1.165, 1.54) is 4.70 Å². The minimum Gasteiger partial charge on any atom is -0.343 e. The highest BCUT2D eigenvalue weighted by molar-refractivity contribution is 7.18. The van der Waals surface area contributed by atoms with E-state index in [9.17, 15) is 9.59 Å². The number of likely N-dealkylation sites (tertiary alicyclic amines) is 2. The number of carbonyl (C=O) groups excluding carboxylic acids is 2. The smallest absolute Gasteiger partial charge is 0.225 e. The van der Waals surface area contributed by atoms with Gasteiger partial charge in [0, 0.05) is 38.5 Å². The Labute approximate surface area is 164 Å². The van der Waals surface area contributed by atoms with Crippen LogP contribution >= 0.6 is 11.3 Å². The lowest BCUT2D eigenvalue weighted by atomic mass is 9.95. The highest BCUT2D eigenvalue weighted by Crippen LogP contribution is 2.24. The van der Waals surface area contributed by atoms with Crippen molar-refractivity contribution in [3.63, 3.8) is 0 Å². The largest absolute Gasteiger partial charge is 0.343 e. The molecule has 6 heteroatoms. The molecule has 2 aromatic rings. The van der Waals surface area contributed by atoms with Gasteiger partial charge in [-0.2, -0.15) is 0 Å². The van der Waals surface area contributed by atoms with Crippen molar-refractivity contribution in [2.45, 2.75) is 44.9 Å². The molecule has 0 atom stereocenters. The Bertz CT molecular complexity index is 772. The fourth-order valence-corrected chi connectivity index (χ4v) is 5.16. The first-order chi connectivity index (χ1) is 13.2. The summed E-state index contributed by atoms with van der Waals surface area (Å²) in [6.45, 7) is 3.29. The molecule has 0 unspecified atom stereocenters. The second-order valence-corrected chi connectivity index (χ2v) is 8.73. The van der Waals surface area contributed by atoms with Gasteiger partial charge in [-0.1, -0.05) is 12.1 Å². The van der Waals surface area contributed by atoms with E-state index in [0.717, 1.165) is 75.2 Å². The molecule has 2 aliphatic heterocycles. The molecule has 0 spiro atoms. The Morgan fingerprint density at radius 1 is 1.04 bits per heavy atom. The van der Waals surface area contributed by atoms with Crippen LogP contribution in [0.1, 0.15) is 43.5 Å². The molecule has 0 saturated carbocycles. The number of benzene rings is 1. The van der Waals surface area contributed by atoms with E-state index < -0.39 is 0 Å². The molecule has 0 N–H and O–H groups in total. The highest BCUT2D eigenvalue weighted by atomic mass is 32.1. The zero-order valence-corrected chi connectivity index (χ0v) is 16.5. The average Bonchev–Trinajstić information content (AvgIpc) is 3.37. The molecule has 5 nitrogen and oxygen atoms in total. The van der Waals surface area contributed by atoms with Crippen molar-refractivity contribution in [3.8, 4) is 0 Å². The molecule has 0 aliphatic carbocycles. The second kappa shape index (κ2) is 8.38. The summed E-state index contributed by atoms with van der Waals surface area (Å²) >= 11 is 1.72. The molecule has 1 aromatic heterocycles. The van der Waals surface area contributed by atoms with E-state index in [-0.39, 0.29) is 11.8 Å². The number of amides is 2. The summed E-state index contributed by atoms with van der Waals surface area (Å²) in [5, 5.41) is 1.11. The van der Waals surface area contributed by atoms with Crippen LogP contribution in [0.15, 0.2) is 24.3 Å². The third-order valence-corrected chi connectivity index (χ3v) is 6.83. The van der Waals surface area contributed by atoms with Crippen LogP contribution in [0, 0.1) is 5.92 Å². The summed E-state index contributed by atoms with van der Waals surface area (Å²) < 4.78 is 1.21. The van der Waals surface area contributed by atoms with Crippen LogP contribution in [0.25, 0.3) is 10.2 Å². The highest BCUT2D eigenvalue weighted by Gasteiger charge is 2.30. The number of para-hydroxylation sites is 1. The minimum absolute atomic E-state index is 0.120. The van der Waals surface area contributed by atoms with Crippen molar-refractivity contribution in [2.75, 3.05) is 26.2 Å². The van der Waals surface area contributed by atoms with Crippen LogP contribution < -0.4 is 0 Å². The first-order valence-corrected chi connectivity index (χ1v) is 10.9. The number of thiazole rings is 1. The standard InChI is InChI=1S/C21H27N3O2S/c25-20(9-5-8-19-22-17-6-1-2-7-18(17)27-19)23-14-10-16(11-15-23)21(26)24-12-3-4-13-24/h1-2,6-7,16H,3-5,8-15H2. The quantitative estimate of drug-likeness (QED) is 0.792. The van der Waals surface area contributed by atoms with Crippen LogP contribution in [-0.4, -0.2) is 52.8 Å². The van der Waals surface area contributed by atoms with Crippen LogP contribution in [0.2, 0.25) is 0 Å². The van der Waals surface area contributed by atoms with E-state index in [0.29, 0.717) is 12.3 Å². The Morgan fingerprint density at radius 3 is 2.52 bits per heavy atom. The number of fused-ring (bicyclic) bond motifs is 1. The molecule has 0 bridgehead atoms. The Morgan fingerprint density at radius 2 is 1.78 bits per heavy atom. The van der Waals surface area contributed by atoms with Gasteiger partial charge in [-0.25, -0.2) is 4.98 Å². The molecule has 1 aromatic carbocycles. The number of hydrogen-bond acceptors (Lipinski definition) is 4. The molecule has 2 saturated heterocycles. The predicted octanol–water partition coefficient (Wildman–Crippen LogP) is 3.48. The van der Waals surface area contributed by atoms with Gasteiger partial charge in [0.1, 0.15) is 0 Å². The number of aryl methyl sites for hydroxylation is 1. The molecular weight excluding hydrogens is 358 g/mol. The van der Waals surface area contributed by atoms with Crippen LogP contribution in [0.3, 0.4) is 0 Å². The van der Waals surface area contributed by atoms with Crippen molar-refractivity contribution in [3.05, 3.63) is 29.3 Å². The van der Waals surface area contributed by atoms with E-state index in [2.05, 4.69) is 11.1 Å². The van der Waals surface area contributed by atoms with Crippen molar-refractivity contribution < 1.29 is 9.59 Å². The summed E-state index contributed by atoms with van der Waals surface area (Å²) in [6, 6.07) is 8.17. The predicted molar refractivity (Wildman–Crippen MR) is 108 cm³/mol. The summed E-state index contributed by atoms with van der Waals surface area (Å²) in [5.41, 5.74) is 1.05. The lowest BCUT2D eigenvalue weighted by Crippen LogP contribution is -2.43. The Kier molecular flexibility index (Phi) is 5.72. The van der Waals surface area contributed by atoms with E-state index in [1.807, 2.05) is 28.0 Å². The van der Waals surface area contributed by atoms with E-state index >= 15 is 0 Å². The van der Waals surface area contributed by atoms with Gasteiger partial charge in [0.25, 0.3) is 0 Å². The topological polar surface area (TPSA) is 53.5 Å². The van der Waals surface area contributed by atoms with Crippen LogP contribution in [0.5, 0.6) is 0 Å². The molecule has 27 heavy (non-hydrogen) atoms. The summed E-state index contributed by atoms with van der Waals surface area (Å²) in [4.78, 5) is 33.6. The van der Waals surface area contributed by atoms with Gasteiger partial charge < -0.3 is 9.80 Å². The number of rotatable bonds is 5. The molecule has 2 fully saturated rings. The fraction of sp³-hybridized carbons (Fsp3) is 0.571. The first kappa shape index (κ1) is 18.4. The van der Waals surface area contributed by atoms with E-state index in [4.69, 9.17) is 0 Å². The Hall–Kier alpha value is -1.95. The first-order valence-electron chi connectivity index (χ1n) is 10.1. The molecular formula is C21H27N3O2S. The zero-order chi connectivity index (χ0) is 18.6. The normalized spacial score (nSPS) is 18.4. The summed E-state index contributed by atoms with van der Waals surface area (Å²) in [6.07, 6.45) is 6.17. The molecule has 144 valence electrons. The third-order valence-electron chi connectivity index (χ3n) is 5.73. The van der Waals surface area contributed by atoms with Crippen molar-refractivity contribution >= 4 is 33.4 Å². The summed E-state index contributed by atoms with van der Waals surface area (Å²) in [5.74, 6) is 0.661. The third kappa shape index (κ3) is 4.32. The maximum Gasteiger partial charge on any atom is 0.225 e. The van der Waals surface area contributed by atoms with Crippen molar-refractivity contribution in [2.24, 2.45) is 5.92 Å². The van der Waals surface area contributed by atoms with Gasteiger partial charge in [-0.15, -0.1) is 11.3 Å². The zero-order valence-electron chi connectivity index (χ0n) is 15.7. The van der Waals surface area contributed by atoms with Gasteiger partial charge in [0.05, 0.1) is 15.2 Å². The molecule has 2 aliphatic rings. The van der Waals surface area contributed by atoms with Gasteiger partial charge in [0.15, 0.2) is 0 Å². The SMILES string of the molecule is O=C(CCCc1nc2ccccc2s1)N1CCC(C(=O)N2CCCC2)CC1. The van der Waals surface area contributed by atoms with Crippen LogP contribution in [-0.2, 0) is 16.0 Å². The van der Waals surface area contributed by atoms with Gasteiger partial charge in [-0.05, 0) is 50.7 Å². The minimum atomic E-state index is 0.120. The van der Waals surface area contributed by atoms with E-state index in [1.54, 1.807) is 11.3 Å². The number of hydrogen-bond donors (Lipinski definition) is 0. The molecule has 2 amide bonds. The second-order valence-electron chi connectivity index (χ2n) is 7.62. The lowest BCUT2D eigenvalue weighted by Gasteiger charge is -2.33. The maximum atomic E-state index is 12.5. The number of piperidine rings is 1.